The smallest absolute Gasteiger partial charge is 0.354 e. The molecule has 2 N–H and O–H groups in total. The molecular weight excluding hydrogens is 240 g/mol. The number of nitrogens with one attached hydrogen (secondary N) is 1. The monoisotopic (exact) mass is 252 g/mol. The van der Waals surface area contributed by atoms with E-state index >= 15 is 0 Å². The Kier molecular flexibility index (Phi) is 3.00. The van der Waals surface area contributed by atoms with E-state index < -0.39 is 11.9 Å². The Balaban J connectivity index is 2.28. The molecule has 8 heteroatoms. The largest absolute Gasteiger partial charge is 0.477 e. The summed E-state index contributed by atoms with van der Waals surface area (Å²) >= 11 is 0. The molecular formula is C10H12N4O4. The zero-order chi connectivity index (χ0) is 13.3. The summed E-state index contributed by atoms with van der Waals surface area (Å²) in [4.78, 5) is 35.7. The Morgan fingerprint density at radius 2 is 2.22 bits per heavy atom. The van der Waals surface area contributed by atoms with E-state index in [9.17, 15) is 14.4 Å². The first-order chi connectivity index (χ1) is 8.50. The summed E-state index contributed by atoms with van der Waals surface area (Å²) in [6.07, 6.45) is 1.21. The summed E-state index contributed by atoms with van der Waals surface area (Å²) < 4.78 is 1.12. The molecule has 1 aromatic heterocycles. The fraction of sp³-hybridized carbons (Fsp3) is 0.400. The summed E-state index contributed by atoms with van der Waals surface area (Å²) in [7, 11) is 1.45. The second kappa shape index (κ2) is 4.47. The van der Waals surface area contributed by atoms with Crippen molar-refractivity contribution < 1.29 is 19.5 Å². The highest BCUT2D eigenvalue weighted by molar-refractivity contribution is 6.04. The lowest BCUT2D eigenvalue weighted by Gasteiger charge is -2.26. The first-order valence-electron chi connectivity index (χ1n) is 5.32. The van der Waals surface area contributed by atoms with E-state index in [1.165, 1.54) is 18.1 Å². The molecule has 0 unspecified atom stereocenters. The van der Waals surface area contributed by atoms with Gasteiger partial charge in [-0.3, -0.25) is 14.3 Å². The van der Waals surface area contributed by atoms with Crippen LogP contribution in [-0.4, -0.2) is 57.2 Å². The van der Waals surface area contributed by atoms with E-state index in [2.05, 4.69) is 10.4 Å². The second-order valence-electron chi connectivity index (χ2n) is 3.91. The normalized spacial score (nSPS) is 15.4. The molecule has 1 fully saturated rings. The Morgan fingerprint density at radius 1 is 1.50 bits per heavy atom. The predicted molar refractivity (Wildman–Crippen MR) is 59.1 cm³/mol. The maximum Gasteiger partial charge on any atom is 0.354 e. The highest BCUT2D eigenvalue weighted by Gasteiger charge is 2.28. The maximum atomic E-state index is 12.1. The van der Waals surface area contributed by atoms with Gasteiger partial charge in [0, 0.05) is 20.1 Å². The standard InChI is InChI=1S/C10H12N4O4/c1-13-8(10(17)18)6(4-12-13)9(16)14-3-2-11-7(15)5-14/h4H,2-3,5H2,1H3,(H,11,15)(H,17,18). The minimum absolute atomic E-state index is 0.000278. The number of aromatic carboxylic acids is 1. The van der Waals surface area contributed by atoms with Crippen molar-refractivity contribution in [2.45, 2.75) is 0 Å². The van der Waals surface area contributed by atoms with E-state index in [4.69, 9.17) is 5.11 Å². The zero-order valence-corrected chi connectivity index (χ0v) is 9.71. The number of hydrogen-bond acceptors (Lipinski definition) is 4. The molecule has 0 bridgehead atoms. The summed E-state index contributed by atoms with van der Waals surface area (Å²) in [5.41, 5.74) is -0.175. The van der Waals surface area contributed by atoms with Crippen molar-refractivity contribution in [3.8, 4) is 0 Å². The minimum Gasteiger partial charge on any atom is -0.477 e. The first-order valence-corrected chi connectivity index (χ1v) is 5.32. The predicted octanol–water partition coefficient (Wildman–Crippen LogP) is -1.31. The number of aryl methyl sites for hydroxylation is 1. The third kappa shape index (κ3) is 2.04. The van der Waals surface area contributed by atoms with Crippen molar-refractivity contribution in [2.75, 3.05) is 19.6 Å². The first kappa shape index (κ1) is 12.1. The molecule has 1 aromatic rings. The number of carboxylic acids is 1. The van der Waals surface area contributed by atoms with Gasteiger partial charge in [-0.2, -0.15) is 5.10 Å². The average Bonchev–Trinajstić information content (AvgIpc) is 2.70. The van der Waals surface area contributed by atoms with Crippen molar-refractivity contribution in [3.05, 3.63) is 17.5 Å². The Hall–Kier alpha value is -2.38. The molecule has 2 heterocycles. The molecule has 1 saturated heterocycles. The number of piperazine rings is 1. The third-order valence-electron chi connectivity index (χ3n) is 2.70. The topological polar surface area (TPSA) is 105 Å². The summed E-state index contributed by atoms with van der Waals surface area (Å²) in [6, 6.07) is 0. The van der Waals surface area contributed by atoms with Gasteiger partial charge in [-0.25, -0.2) is 4.79 Å². The fourth-order valence-corrected chi connectivity index (χ4v) is 1.83. The van der Waals surface area contributed by atoms with Crippen LogP contribution in [0.2, 0.25) is 0 Å². The van der Waals surface area contributed by atoms with Crippen LogP contribution in [0.15, 0.2) is 6.20 Å². The number of hydrogen-bond donors (Lipinski definition) is 2. The number of aromatic nitrogens is 2. The molecule has 0 aromatic carbocycles. The van der Waals surface area contributed by atoms with Crippen LogP contribution in [0, 0.1) is 0 Å². The van der Waals surface area contributed by atoms with E-state index in [0.29, 0.717) is 13.1 Å². The highest BCUT2D eigenvalue weighted by Crippen LogP contribution is 2.11. The van der Waals surface area contributed by atoms with Crippen molar-refractivity contribution >= 4 is 17.8 Å². The molecule has 0 spiro atoms. The van der Waals surface area contributed by atoms with Crippen molar-refractivity contribution in [3.63, 3.8) is 0 Å². The van der Waals surface area contributed by atoms with Gasteiger partial charge in [0.25, 0.3) is 5.91 Å². The second-order valence-corrected chi connectivity index (χ2v) is 3.91. The van der Waals surface area contributed by atoms with Crippen molar-refractivity contribution in [1.82, 2.24) is 20.0 Å². The number of carbonyl (C=O) groups is 3. The van der Waals surface area contributed by atoms with Gasteiger partial charge in [-0.15, -0.1) is 0 Å². The van der Waals surface area contributed by atoms with Crippen LogP contribution in [0.1, 0.15) is 20.8 Å². The molecule has 1 aliphatic rings. The van der Waals surface area contributed by atoms with Gasteiger partial charge in [0.1, 0.15) is 0 Å². The summed E-state index contributed by atoms with van der Waals surface area (Å²) in [5, 5.41) is 15.4. The fourth-order valence-electron chi connectivity index (χ4n) is 1.83. The van der Waals surface area contributed by atoms with Crippen LogP contribution in [0.3, 0.4) is 0 Å². The molecule has 0 radical (unpaired) electrons. The average molecular weight is 252 g/mol. The minimum atomic E-state index is -1.22. The van der Waals surface area contributed by atoms with E-state index in [1.54, 1.807) is 0 Å². The number of amides is 2. The van der Waals surface area contributed by atoms with Crippen LogP contribution in [-0.2, 0) is 11.8 Å². The van der Waals surface area contributed by atoms with Crippen molar-refractivity contribution in [1.29, 1.82) is 0 Å². The lowest BCUT2D eigenvalue weighted by atomic mass is 10.2. The number of nitrogens with zero attached hydrogens (tertiary/aromatic N) is 3. The van der Waals surface area contributed by atoms with Gasteiger partial charge in [0.05, 0.1) is 18.3 Å². The quantitative estimate of drug-likeness (QED) is 0.680. The summed E-state index contributed by atoms with van der Waals surface area (Å²) in [6.45, 7) is 0.665. The third-order valence-corrected chi connectivity index (χ3v) is 2.70. The molecule has 0 aliphatic carbocycles. The lowest BCUT2D eigenvalue weighted by molar-refractivity contribution is -0.123. The molecule has 0 saturated carbocycles. The molecule has 18 heavy (non-hydrogen) atoms. The number of carbonyl (C=O) groups excluding carboxylic acids is 2. The Bertz CT molecular complexity index is 522. The van der Waals surface area contributed by atoms with Gasteiger partial charge in [0.2, 0.25) is 5.91 Å². The van der Waals surface area contributed by atoms with Crippen molar-refractivity contribution in [2.24, 2.45) is 7.05 Å². The lowest BCUT2D eigenvalue weighted by Crippen LogP contribution is -2.50. The molecule has 1 aliphatic heterocycles. The zero-order valence-electron chi connectivity index (χ0n) is 9.71. The van der Waals surface area contributed by atoms with Gasteiger partial charge >= 0.3 is 5.97 Å². The molecule has 0 atom stereocenters. The van der Waals surface area contributed by atoms with Gasteiger partial charge in [0.15, 0.2) is 5.69 Å². The Labute approximate surface area is 102 Å². The van der Waals surface area contributed by atoms with E-state index in [1.807, 2.05) is 0 Å². The van der Waals surface area contributed by atoms with Crippen LogP contribution >= 0.6 is 0 Å². The molecule has 2 amide bonds. The van der Waals surface area contributed by atoms with Gasteiger partial charge < -0.3 is 15.3 Å². The Morgan fingerprint density at radius 3 is 2.83 bits per heavy atom. The SMILES string of the molecule is Cn1ncc(C(=O)N2CCNC(=O)C2)c1C(=O)O. The van der Waals surface area contributed by atoms with Crippen LogP contribution < -0.4 is 5.32 Å². The molecule has 96 valence electrons. The van der Waals surface area contributed by atoms with Gasteiger partial charge in [-0.05, 0) is 0 Å². The van der Waals surface area contributed by atoms with E-state index in [0.717, 1.165) is 4.68 Å². The van der Waals surface area contributed by atoms with Crippen LogP contribution in [0.5, 0.6) is 0 Å². The summed E-state index contributed by atoms with van der Waals surface area (Å²) in [5.74, 6) is -1.97. The molecule has 8 nitrogen and oxygen atoms in total. The number of rotatable bonds is 2. The highest BCUT2D eigenvalue weighted by atomic mass is 16.4. The molecule has 2 rings (SSSR count). The maximum absolute atomic E-state index is 12.1. The van der Waals surface area contributed by atoms with Gasteiger partial charge in [-0.1, -0.05) is 0 Å². The van der Waals surface area contributed by atoms with Crippen LogP contribution in [0.25, 0.3) is 0 Å². The van der Waals surface area contributed by atoms with Crippen LogP contribution in [0.4, 0.5) is 0 Å². The van der Waals surface area contributed by atoms with E-state index in [-0.39, 0.29) is 23.7 Å². The number of carboxylic acid groups (broad SMARTS) is 1.